The number of anilines is 1. The van der Waals surface area contributed by atoms with Crippen molar-refractivity contribution >= 4 is 46.6 Å². The third-order valence-corrected chi connectivity index (χ3v) is 10.2. The van der Waals surface area contributed by atoms with E-state index in [-0.39, 0.29) is 24.9 Å². The van der Waals surface area contributed by atoms with E-state index < -0.39 is 36.3 Å². The molecule has 258 valence electrons. The van der Waals surface area contributed by atoms with Gasteiger partial charge in [-0.1, -0.05) is 90.1 Å². The second kappa shape index (κ2) is 17.7. The molecule has 0 aliphatic heterocycles. The van der Waals surface area contributed by atoms with E-state index in [2.05, 4.69) is 15.0 Å². The number of hydrogen-bond acceptors (Lipinski definition) is 8. The number of nitrogen functional groups attached to an aromatic ring is 1. The lowest BCUT2D eigenvalue weighted by Gasteiger charge is -2.40. The van der Waals surface area contributed by atoms with Crippen molar-refractivity contribution in [3.63, 3.8) is 0 Å². The molecule has 9 nitrogen and oxygen atoms in total. The minimum absolute atomic E-state index is 0.193. The van der Waals surface area contributed by atoms with E-state index in [4.69, 9.17) is 15.0 Å². The molecule has 0 radical (unpaired) electrons. The second-order valence-corrected chi connectivity index (χ2v) is 17.0. The SMILES string of the molecule is C[C@H](Cn1cnc2c(N)ncnc21)OCP(=O)(O)OCCCSCCCCCCCCCCCCCCCS(F)(F)(F)(F)F. The summed E-state index contributed by atoms with van der Waals surface area (Å²) in [5.74, 6) is 0.251. The normalized spacial score (nSPS) is 16.1. The Hall–Kier alpha value is -1.19. The van der Waals surface area contributed by atoms with Crippen molar-refractivity contribution in [1.29, 1.82) is 0 Å². The number of aromatic nitrogens is 4. The Balaban J connectivity index is 1.35. The van der Waals surface area contributed by atoms with Gasteiger partial charge in [-0.15, -0.1) is 0 Å². The molecule has 0 amide bonds. The number of rotatable bonds is 26. The van der Waals surface area contributed by atoms with E-state index in [0.29, 0.717) is 30.6 Å². The zero-order valence-corrected chi connectivity index (χ0v) is 28.1. The van der Waals surface area contributed by atoms with Crippen LogP contribution < -0.4 is 5.73 Å². The predicted octanol–water partition coefficient (Wildman–Crippen LogP) is 9.47. The number of fused-ring (bicyclic) bond motifs is 1. The molecular weight excluding hydrogens is 648 g/mol. The molecule has 0 bridgehead atoms. The molecule has 44 heavy (non-hydrogen) atoms. The van der Waals surface area contributed by atoms with Gasteiger partial charge in [-0.2, -0.15) is 11.8 Å². The molecule has 2 atom stereocenters. The Morgan fingerprint density at radius 1 is 0.886 bits per heavy atom. The molecule has 2 aromatic rings. The average molecular weight is 698 g/mol. The zero-order valence-electron chi connectivity index (χ0n) is 25.6. The number of thioether (sulfide) groups is 1. The standard InChI is InChI=1S/C27H49F5N5O4PS2/c1-24(20-37-22-36-25-26(33)34-21-35-27(25)37)40-23-42(38,39)41-16-15-18-43-17-13-11-9-7-5-3-2-4-6-8-10-12-14-19-44(28,29,30,31)32/h21-22,24H,2-20,23H2,1H3,(H,38,39)(H2,33,34,35)/t24-/m1/s1. The van der Waals surface area contributed by atoms with Gasteiger partial charge in [0, 0.05) is 0 Å². The van der Waals surface area contributed by atoms with Gasteiger partial charge in [0.1, 0.15) is 18.2 Å². The minimum Gasteiger partial charge on any atom is -0.382 e. The van der Waals surface area contributed by atoms with E-state index in [0.717, 1.165) is 50.0 Å². The van der Waals surface area contributed by atoms with Gasteiger partial charge in [-0.05, 0) is 37.7 Å². The Labute approximate surface area is 261 Å². The van der Waals surface area contributed by atoms with Gasteiger partial charge in [0.15, 0.2) is 11.5 Å². The molecule has 3 N–H and O–H groups in total. The second-order valence-electron chi connectivity index (χ2n) is 11.3. The van der Waals surface area contributed by atoms with Crippen LogP contribution in [0.1, 0.15) is 96.8 Å². The van der Waals surface area contributed by atoms with Gasteiger partial charge in [0.25, 0.3) is 10.2 Å². The van der Waals surface area contributed by atoms with Crippen LogP contribution in [0, 0.1) is 0 Å². The van der Waals surface area contributed by atoms with Gasteiger partial charge in [-0.25, -0.2) is 15.0 Å². The smallest absolute Gasteiger partial charge is 0.353 e. The summed E-state index contributed by atoms with van der Waals surface area (Å²) in [7, 11) is -13.1. The molecule has 0 saturated heterocycles. The summed E-state index contributed by atoms with van der Waals surface area (Å²) in [5.41, 5.74) is 6.86. The molecule has 0 aliphatic rings. The van der Waals surface area contributed by atoms with E-state index in [1.54, 1.807) is 17.8 Å². The molecule has 0 saturated carbocycles. The Kier molecular flexibility index (Phi) is 15.6. The summed E-state index contributed by atoms with van der Waals surface area (Å²) in [5, 5.41) is 0. The fourth-order valence-corrected chi connectivity index (χ4v) is 7.23. The monoisotopic (exact) mass is 697 g/mol. The highest BCUT2D eigenvalue weighted by Crippen LogP contribution is 2.97. The predicted molar refractivity (Wildman–Crippen MR) is 171 cm³/mol. The van der Waals surface area contributed by atoms with Crippen LogP contribution in [0.5, 0.6) is 0 Å². The lowest BCUT2D eigenvalue weighted by Crippen LogP contribution is -2.17. The van der Waals surface area contributed by atoms with Gasteiger partial charge in [0.05, 0.1) is 31.3 Å². The van der Waals surface area contributed by atoms with E-state index >= 15 is 0 Å². The first-order valence-corrected chi connectivity index (χ1v) is 20.4. The maximum absolute atomic E-state index is 12.3. The van der Waals surface area contributed by atoms with Crippen molar-refractivity contribution in [1.82, 2.24) is 19.5 Å². The van der Waals surface area contributed by atoms with Crippen LogP contribution in [0.3, 0.4) is 0 Å². The van der Waals surface area contributed by atoms with Crippen LogP contribution in [-0.4, -0.2) is 60.7 Å². The van der Waals surface area contributed by atoms with Crippen LogP contribution in [0.2, 0.25) is 0 Å². The summed E-state index contributed by atoms with van der Waals surface area (Å²) < 4.78 is 86.0. The number of hydrogen-bond donors (Lipinski definition) is 2. The lowest BCUT2D eigenvalue weighted by atomic mass is 10.0. The third-order valence-electron chi connectivity index (χ3n) is 6.95. The highest BCUT2D eigenvalue weighted by molar-refractivity contribution is 8.45. The number of nitrogens with two attached hydrogens (primary N) is 1. The summed E-state index contributed by atoms with van der Waals surface area (Å²) in [4.78, 5) is 22.3. The largest absolute Gasteiger partial charge is 0.382 e. The molecule has 2 rings (SSSR count). The molecular formula is C27H49F5N5O4PS2. The molecule has 1 unspecified atom stereocenters. The van der Waals surface area contributed by atoms with Crippen LogP contribution in [0.15, 0.2) is 12.7 Å². The van der Waals surface area contributed by atoms with Crippen LogP contribution >= 0.6 is 29.6 Å². The highest BCUT2D eigenvalue weighted by Gasteiger charge is 2.62. The third kappa shape index (κ3) is 18.7. The highest BCUT2D eigenvalue weighted by atomic mass is 32.5. The molecule has 0 spiro atoms. The fourth-order valence-electron chi connectivity index (χ4n) is 4.61. The lowest BCUT2D eigenvalue weighted by molar-refractivity contribution is 0.0718. The van der Waals surface area contributed by atoms with Crippen LogP contribution in [0.25, 0.3) is 11.2 Å². The van der Waals surface area contributed by atoms with Gasteiger partial charge >= 0.3 is 7.60 Å². The molecule has 0 aromatic carbocycles. The Morgan fingerprint density at radius 3 is 2.02 bits per heavy atom. The topological polar surface area (TPSA) is 125 Å². The summed E-state index contributed by atoms with van der Waals surface area (Å²) >= 11 is 1.81. The summed E-state index contributed by atoms with van der Waals surface area (Å²) in [6, 6.07) is 0. The quantitative estimate of drug-likeness (QED) is 0.0562. The van der Waals surface area contributed by atoms with Crippen LogP contribution in [-0.2, 0) is 20.4 Å². The van der Waals surface area contributed by atoms with Crippen molar-refractivity contribution in [2.45, 2.75) is 109 Å². The number of nitrogens with zero attached hydrogens (tertiary/aromatic N) is 4. The minimum atomic E-state index is -9.22. The molecule has 0 aliphatic carbocycles. The number of halogens is 5. The van der Waals surface area contributed by atoms with Crippen molar-refractivity contribution in [3.8, 4) is 0 Å². The maximum atomic E-state index is 12.3. The number of unbranched alkanes of at least 4 members (excludes halogenated alkanes) is 12. The van der Waals surface area contributed by atoms with Crippen LogP contribution in [0.4, 0.5) is 25.2 Å². The van der Waals surface area contributed by atoms with Crippen molar-refractivity contribution in [2.75, 3.05) is 35.9 Å². The van der Waals surface area contributed by atoms with E-state index in [1.165, 1.54) is 32.0 Å². The molecule has 17 heteroatoms. The van der Waals surface area contributed by atoms with Crippen molar-refractivity contribution < 1.29 is 38.1 Å². The van der Waals surface area contributed by atoms with E-state index in [1.807, 2.05) is 11.8 Å². The Bertz CT molecular complexity index is 1160. The number of imidazole rings is 1. The average Bonchev–Trinajstić information content (AvgIpc) is 3.33. The maximum Gasteiger partial charge on any atom is 0.353 e. The van der Waals surface area contributed by atoms with Crippen molar-refractivity contribution in [2.24, 2.45) is 0 Å². The fraction of sp³-hybridized carbons (Fsp3) is 0.815. The number of ether oxygens (including phenoxy) is 1. The zero-order chi connectivity index (χ0) is 32.6. The molecule has 2 heterocycles. The molecule has 0 fully saturated rings. The van der Waals surface area contributed by atoms with Gasteiger partial charge in [-0.3, -0.25) is 4.57 Å². The first-order chi connectivity index (χ1) is 20.5. The summed E-state index contributed by atoms with van der Waals surface area (Å²) in [6.45, 7) is 2.35. The first-order valence-electron chi connectivity index (χ1n) is 15.3. The summed E-state index contributed by atoms with van der Waals surface area (Å²) in [6.07, 6.45) is 14.0. The van der Waals surface area contributed by atoms with Crippen molar-refractivity contribution in [3.05, 3.63) is 12.7 Å². The van der Waals surface area contributed by atoms with Gasteiger partial charge in [0.2, 0.25) is 0 Å². The Morgan fingerprint density at radius 2 is 1.43 bits per heavy atom. The van der Waals surface area contributed by atoms with Gasteiger partial charge < -0.3 is 24.5 Å². The molecule has 2 aromatic heterocycles. The van der Waals surface area contributed by atoms with E-state index in [9.17, 15) is 28.9 Å². The first kappa shape index (κ1) is 39.0.